The van der Waals surface area contributed by atoms with Gasteiger partial charge in [0.15, 0.2) is 0 Å². The van der Waals surface area contributed by atoms with Gasteiger partial charge in [0.05, 0.1) is 24.9 Å². The zero-order chi connectivity index (χ0) is 19.7. The van der Waals surface area contributed by atoms with Gasteiger partial charge in [-0.15, -0.1) is 0 Å². The van der Waals surface area contributed by atoms with E-state index in [0.717, 1.165) is 54.3 Å². The maximum atomic E-state index is 12.9. The van der Waals surface area contributed by atoms with Crippen LogP contribution in [0.4, 0.5) is 5.95 Å². The molecule has 1 amide bonds. The number of amides is 1. The number of nitrogens with zero attached hydrogens (tertiary/aromatic N) is 3. The maximum Gasteiger partial charge on any atom is 0.252 e. The average molecular weight is 380 g/mol. The molecule has 1 saturated heterocycles. The Morgan fingerprint density at radius 3 is 2.75 bits per heavy atom. The average Bonchev–Trinajstić information content (AvgIpc) is 2.67. The summed E-state index contributed by atoms with van der Waals surface area (Å²) in [5.41, 5.74) is 3.85. The molecule has 0 saturated carbocycles. The number of hydrogen-bond acceptors (Lipinski definition) is 5. The summed E-state index contributed by atoms with van der Waals surface area (Å²) >= 11 is 0. The third kappa shape index (κ3) is 3.87. The highest BCUT2D eigenvalue weighted by molar-refractivity contribution is 5.95. The zero-order valence-electron chi connectivity index (χ0n) is 16.9. The van der Waals surface area contributed by atoms with Gasteiger partial charge in [-0.3, -0.25) is 4.79 Å². The van der Waals surface area contributed by atoms with Crippen molar-refractivity contribution < 1.29 is 9.53 Å². The summed E-state index contributed by atoms with van der Waals surface area (Å²) in [6.45, 7) is 9.48. The van der Waals surface area contributed by atoms with Crippen molar-refractivity contribution >= 4 is 11.9 Å². The van der Waals surface area contributed by atoms with Crippen molar-refractivity contribution in [3.63, 3.8) is 0 Å². The first-order valence-electron chi connectivity index (χ1n) is 9.98. The highest BCUT2D eigenvalue weighted by Gasteiger charge is 2.35. The fraction of sp³-hybridized carbons (Fsp3) is 0.500. The molecule has 28 heavy (non-hydrogen) atoms. The Bertz CT molecular complexity index is 875. The van der Waals surface area contributed by atoms with E-state index in [9.17, 15) is 4.79 Å². The highest BCUT2D eigenvalue weighted by Crippen LogP contribution is 2.40. The molecule has 1 atom stereocenters. The first-order chi connectivity index (χ1) is 13.4. The fourth-order valence-corrected chi connectivity index (χ4v) is 4.14. The van der Waals surface area contributed by atoms with E-state index in [0.29, 0.717) is 13.2 Å². The fourth-order valence-electron chi connectivity index (χ4n) is 4.14. The molecule has 1 N–H and O–H groups in total. The van der Waals surface area contributed by atoms with Gasteiger partial charge in [-0.1, -0.05) is 32.0 Å². The Hall–Kier alpha value is -2.47. The van der Waals surface area contributed by atoms with Gasteiger partial charge < -0.3 is 15.0 Å². The molecule has 6 heteroatoms. The minimum atomic E-state index is -0.0791. The maximum absolute atomic E-state index is 12.9. The van der Waals surface area contributed by atoms with Gasteiger partial charge in [0.2, 0.25) is 5.95 Å². The van der Waals surface area contributed by atoms with E-state index in [1.54, 1.807) is 0 Å². The van der Waals surface area contributed by atoms with E-state index in [4.69, 9.17) is 9.72 Å². The monoisotopic (exact) mass is 380 g/mol. The van der Waals surface area contributed by atoms with Crippen LogP contribution in [-0.4, -0.2) is 42.2 Å². The summed E-state index contributed by atoms with van der Waals surface area (Å²) in [5.74, 6) is 0.729. The van der Waals surface area contributed by atoms with Gasteiger partial charge in [-0.05, 0) is 36.8 Å². The van der Waals surface area contributed by atoms with Gasteiger partial charge in [-0.2, -0.15) is 0 Å². The summed E-state index contributed by atoms with van der Waals surface area (Å²) in [6.07, 6.45) is 3.67. The molecule has 0 radical (unpaired) electrons. The van der Waals surface area contributed by atoms with Crippen molar-refractivity contribution in [2.24, 2.45) is 5.41 Å². The Balaban J connectivity index is 1.61. The van der Waals surface area contributed by atoms with Crippen LogP contribution in [0.2, 0.25) is 0 Å². The van der Waals surface area contributed by atoms with E-state index in [1.165, 1.54) is 0 Å². The molecule has 1 aromatic heterocycles. The Kier molecular flexibility index (Phi) is 5.06. The van der Waals surface area contributed by atoms with Crippen molar-refractivity contribution in [2.75, 3.05) is 31.2 Å². The number of benzene rings is 1. The van der Waals surface area contributed by atoms with Crippen molar-refractivity contribution in [2.45, 2.75) is 39.7 Å². The van der Waals surface area contributed by atoms with Gasteiger partial charge >= 0.3 is 0 Å². The van der Waals surface area contributed by atoms with Gasteiger partial charge in [0.25, 0.3) is 5.91 Å². The molecule has 2 aromatic rings. The van der Waals surface area contributed by atoms with E-state index < -0.39 is 0 Å². The number of rotatable bonds is 3. The van der Waals surface area contributed by atoms with Crippen LogP contribution in [0.3, 0.4) is 0 Å². The minimum Gasteiger partial charge on any atom is -0.378 e. The molecule has 0 spiro atoms. The van der Waals surface area contributed by atoms with E-state index >= 15 is 0 Å². The Morgan fingerprint density at radius 1 is 1.25 bits per heavy atom. The lowest BCUT2D eigenvalue weighted by molar-refractivity contribution is 0.0918. The Labute approximate surface area is 166 Å². The number of hydrogen-bond donors (Lipinski definition) is 1. The van der Waals surface area contributed by atoms with Gasteiger partial charge in [-0.25, -0.2) is 9.97 Å². The molecule has 4 rings (SSSR count). The number of anilines is 1. The van der Waals surface area contributed by atoms with Crippen molar-refractivity contribution in [3.05, 3.63) is 52.8 Å². The van der Waals surface area contributed by atoms with E-state index in [-0.39, 0.29) is 17.4 Å². The summed E-state index contributed by atoms with van der Waals surface area (Å²) in [6, 6.07) is 7.61. The molecule has 1 aliphatic carbocycles. The molecule has 2 heterocycles. The standard InChI is InChI=1S/C22H28N4O2/c1-15-6-4-5-7-16(15)20(27)24-18-12-22(2,3)13-19-17(18)14-23-21(25-19)26-8-10-28-11-9-26/h4-7,14,18H,8-13H2,1-3H3,(H,24,27)/t18-/m1/s1. The second-order valence-corrected chi connectivity index (χ2v) is 8.56. The lowest BCUT2D eigenvalue weighted by Crippen LogP contribution is -2.39. The summed E-state index contributed by atoms with van der Waals surface area (Å²) in [4.78, 5) is 24.6. The van der Waals surface area contributed by atoms with Crippen molar-refractivity contribution in [1.82, 2.24) is 15.3 Å². The normalized spacial score (nSPS) is 21.1. The third-order valence-electron chi connectivity index (χ3n) is 5.65. The van der Waals surface area contributed by atoms with Crippen LogP contribution in [0.15, 0.2) is 30.5 Å². The van der Waals surface area contributed by atoms with E-state index in [1.807, 2.05) is 37.4 Å². The SMILES string of the molecule is Cc1ccccc1C(=O)N[C@@H]1CC(C)(C)Cc2nc(N3CCOCC3)ncc21. The summed E-state index contributed by atoms with van der Waals surface area (Å²) in [5, 5.41) is 3.23. The number of morpholine rings is 1. The smallest absolute Gasteiger partial charge is 0.252 e. The molecule has 1 aliphatic heterocycles. The number of aromatic nitrogens is 2. The molecule has 2 aliphatic rings. The molecule has 0 unspecified atom stereocenters. The first-order valence-corrected chi connectivity index (χ1v) is 9.98. The lowest BCUT2D eigenvalue weighted by atomic mass is 9.74. The second-order valence-electron chi connectivity index (χ2n) is 8.56. The van der Waals surface area contributed by atoms with Crippen molar-refractivity contribution in [3.8, 4) is 0 Å². The number of fused-ring (bicyclic) bond motifs is 1. The van der Waals surface area contributed by atoms with Crippen LogP contribution in [0.25, 0.3) is 0 Å². The molecule has 6 nitrogen and oxygen atoms in total. The second kappa shape index (κ2) is 7.51. The van der Waals surface area contributed by atoms with Crippen LogP contribution >= 0.6 is 0 Å². The number of carbonyl (C=O) groups excluding carboxylic acids is 1. The largest absolute Gasteiger partial charge is 0.378 e. The van der Waals surface area contributed by atoms with Crippen LogP contribution in [0.5, 0.6) is 0 Å². The Morgan fingerprint density at radius 2 is 2.00 bits per heavy atom. The van der Waals surface area contributed by atoms with Crippen LogP contribution < -0.4 is 10.2 Å². The van der Waals surface area contributed by atoms with Crippen LogP contribution in [-0.2, 0) is 11.2 Å². The minimum absolute atomic E-state index is 0.0380. The summed E-state index contributed by atoms with van der Waals surface area (Å²) in [7, 11) is 0. The quantitative estimate of drug-likeness (QED) is 0.886. The van der Waals surface area contributed by atoms with Gasteiger partial charge in [0, 0.05) is 30.4 Å². The number of aryl methyl sites for hydroxylation is 1. The molecular weight excluding hydrogens is 352 g/mol. The third-order valence-corrected chi connectivity index (χ3v) is 5.65. The molecular formula is C22H28N4O2. The number of nitrogens with one attached hydrogen (secondary N) is 1. The number of carbonyl (C=O) groups is 1. The molecule has 1 aromatic carbocycles. The predicted octanol–water partition coefficient (Wildman–Crippen LogP) is 3.07. The lowest BCUT2D eigenvalue weighted by Gasteiger charge is -2.37. The zero-order valence-corrected chi connectivity index (χ0v) is 16.9. The van der Waals surface area contributed by atoms with E-state index in [2.05, 4.69) is 29.0 Å². The van der Waals surface area contributed by atoms with Crippen molar-refractivity contribution in [1.29, 1.82) is 0 Å². The number of ether oxygens (including phenoxy) is 1. The van der Waals surface area contributed by atoms with Gasteiger partial charge in [0.1, 0.15) is 0 Å². The highest BCUT2D eigenvalue weighted by atomic mass is 16.5. The predicted molar refractivity (Wildman–Crippen MR) is 109 cm³/mol. The van der Waals surface area contributed by atoms with Crippen LogP contribution in [0, 0.1) is 12.3 Å². The topological polar surface area (TPSA) is 67.4 Å². The summed E-state index contributed by atoms with van der Waals surface area (Å²) < 4.78 is 5.43. The molecule has 1 fully saturated rings. The molecule has 148 valence electrons. The van der Waals surface area contributed by atoms with Crippen LogP contribution in [0.1, 0.15) is 53.5 Å². The molecule has 0 bridgehead atoms. The first kappa shape index (κ1) is 18.9.